The van der Waals surface area contributed by atoms with Crippen LogP contribution in [0.25, 0.3) is 0 Å². The van der Waals surface area contributed by atoms with Crippen molar-refractivity contribution in [2.45, 2.75) is 11.3 Å². The van der Waals surface area contributed by atoms with Gasteiger partial charge in [0.25, 0.3) is 10.0 Å². The quantitative estimate of drug-likeness (QED) is 0.826. The molecule has 0 aliphatic heterocycles. The predicted molar refractivity (Wildman–Crippen MR) is 78.3 cm³/mol. The third-order valence-electron chi connectivity index (χ3n) is 2.45. The van der Waals surface area contributed by atoms with Gasteiger partial charge in [-0.1, -0.05) is 12.1 Å². The summed E-state index contributed by atoms with van der Waals surface area (Å²) in [5.74, 6) is -0.887. The van der Waals surface area contributed by atoms with E-state index in [-0.39, 0.29) is 17.1 Å². The van der Waals surface area contributed by atoms with Crippen LogP contribution >= 0.6 is 15.9 Å². The zero-order valence-electron chi connectivity index (χ0n) is 10.5. The normalized spacial score (nSPS) is 11.1. The minimum Gasteiger partial charge on any atom is -0.481 e. The van der Waals surface area contributed by atoms with Crippen LogP contribution in [0.15, 0.2) is 46.2 Å². The van der Waals surface area contributed by atoms with Crippen LogP contribution < -0.4 is 4.72 Å². The van der Waals surface area contributed by atoms with Crippen molar-refractivity contribution in [1.29, 1.82) is 0 Å². The van der Waals surface area contributed by atoms with Gasteiger partial charge in [-0.2, -0.15) is 0 Å². The van der Waals surface area contributed by atoms with Gasteiger partial charge < -0.3 is 5.11 Å². The van der Waals surface area contributed by atoms with E-state index in [2.05, 4.69) is 30.6 Å². The number of rotatable bonds is 5. The first-order chi connectivity index (χ1) is 9.87. The maximum Gasteiger partial charge on any atom is 0.307 e. The van der Waals surface area contributed by atoms with E-state index in [0.717, 1.165) is 0 Å². The van der Waals surface area contributed by atoms with Crippen molar-refractivity contribution in [2.24, 2.45) is 0 Å². The van der Waals surface area contributed by atoms with Gasteiger partial charge in [-0.25, -0.2) is 18.4 Å². The molecular formula is C12H10BrN3O4S. The Labute approximate surface area is 129 Å². The number of hydrogen-bond donors (Lipinski definition) is 2. The predicted octanol–water partition coefficient (Wildman–Crippen LogP) is 1.67. The van der Waals surface area contributed by atoms with E-state index in [0.29, 0.717) is 10.2 Å². The molecule has 0 saturated heterocycles. The van der Waals surface area contributed by atoms with Gasteiger partial charge in [0.15, 0.2) is 5.82 Å². The number of aromatic nitrogens is 2. The van der Waals surface area contributed by atoms with Crippen LogP contribution in [-0.2, 0) is 21.2 Å². The summed E-state index contributed by atoms with van der Waals surface area (Å²) < 4.78 is 27.0. The fourth-order valence-corrected chi connectivity index (χ4v) is 2.72. The number of carboxylic acids is 1. The molecule has 2 rings (SSSR count). The molecule has 0 radical (unpaired) electrons. The van der Waals surface area contributed by atoms with E-state index in [1.54, 1.807) is 0 Å². The van der Waals surface area contributed by atoms with Crippen molar-refractivity contribution in [3.63, 3.8) is 0 Å². The Morgan fingerprint density at radius 1 is 1.19 bits per heavy atom. The standard InChI is InChI=1S/C12H10BrN3O4S/c13-10-6-15-11(7-14-10)16-21(19,20)9-3-1-8(2-4-9)5-12(17)18/h1-4,6-7H,5H2,(H,15,16)(H,17,18). The number of anilines is 1. The minimum absolute atomic E-state index is 0.0151. The molecule has 0 atom stereocenters. The highest BCUT2D eigenvalue weighted by Gasteiger charge is 2.15. The molecule has 7 nitrogen and oxygen atoms in total. The molecule has 0 spiro atoms. The van der Waals surface area contributed by atoms with Gasteiger partial charge >= 0.3 is 5.97 Å². The number of halogens is 1. The molecule has 0 amide bonds. The number of aliphatic carboxylic acids is 1. The Morgan fingerprint density at radius 3 is 2.38 bits per heavy atom. The molecule has 9 heteroatoms. The number of nitrogens with one attached hydrogen (secondary N) is 1. The molecule has 21 heavy (non-hydrogen) atoms. The molecular weight excluding hydrogens is 362 g/mol. The smallest absolute Gasteiger partial charge is 0.307 e. The molecule has 0 aliphatic carbocycles. The number of sulfonamides is 1. The van der Waals surface area contributed by atoms with E-state index in [1.807, 2.05) is 0 Å². The second kappa shape index (κ2) is 6.19. The monoisotopic (exact) mass is 371 g/mol. The maximum absolute atomic E-state index is 12.1. The maximum atomic E-state index is 12.1. The summed E-state index contributed by atoms with van der Waals surface area (Å²) in [6.07, 6.45) is 2.49. The summed E-state index contributed by atoms with van der Waals surface area (Å²) in [6, 6.07) is 5.59. The lowest BCUT2D eigenvalue weighted by Gasteiger charge is -2.07. The summed E-state index contributed by atoms with van der Waals surface area (Å²) in [5, 5.41) is 8.66. The zero-order valence-corrected chi connectivity index (χ0v) is 12.9. The number of benzene rings is 1. The van der Waals surface area contributed by atoms with Gasteiger partial charge in [-0.05, 0) is 33.6 Å². The molecule has 110 valence electrons. The number of carboxylic acid groups (broad SMARTS) is 1. The minimum atomic E-state index is -3.79. The Bertz CT molecular complexity index is 745. The van der Waals surface area contributed by atoms with Gasteiger partial charge in [0.1, 0.15) is 4.60 Å². The molecule has 0 saturated carbocycles. The lowest BCUT2D eigenvalue weighted by atomic mass is 10.2. The summed E-state index contributed by atoms with van der Waals surface area (Å²) in [6.45, 7) is 0. The zero-order chi connectivity index (χ0) is 15.5. The topological polar surface area (TPSA) is 109 Å². The number of hydrogen-bond acceptors (Lipinski definition) is 5. The Balaban J connectivity index is 2.19. The average Bonchev–Trinajstić information content (AvgIpc) is 2.41. The Morgan fingerprint density at radius 2 is 1.86 bits per heavy atom. The molecule has 2 aromatic rings. The van der Waals surface area contributed by atoms with Gasteiger partial charge in [0.2, 0.25) is 0 Å². The molecule has 0 fully saturated rings. The fraction of sp³-hybridized carbons (Fsp3) is 0.0833. The van der Waals surface area contributed by atoms with Crippen molar-refractivity contribution >= 4 is 37.7 Å². The summed E-state index contributed by atoms with van der Waals surface area (Å²) >= 11 is 3.10. The van der Waals surface area contributed by atoms with Crippen molar-refractivity contribution in [3.8, 4) is 0 Å². The van der Waals surface area contributed by atoms with E-state index < -0.39 is 16.0 Å². The number of nitrogens with zero attached hydrogens (tertiary/aromatic N) is 2. The van der Waals surface area contributed by atoms with Crippen molar-refractivity contribution < 1.29 is 18.3 Å². The molecule has 2 N–H and O–H groups in total. The summed E-state index contributed by atoms with van der Waals surface area (Å²) in [7, 11) is -3.79. The second-order valence-corrected chi connectivity index (χ2v) is 6.54. The van der Waals surface area contributed by atoms with E-state index in [9.17, 15) is 13.2 Å². The second-order valence-electron chi connectivity index (χ2n) is 4.04. The molecule has 0 unspecified atom stereocenters. The first-order valence-corrected chi connectivity index (χ1v) is 7.95. The number of carbonyl (C=O) groups is 1. The van der Waals surface area contributed by atoms with Crippen LogP contribution in [0.3, 0.4) is 0 Å². The van der Waals surface area contributed by atoms with Crippen LogP contribution in [0.2, 0.25) is 0 Å². The van der Waals surface area contributed by atoms with Gasteiger partial charge in [0, 0.05) is 0 Å². The highest BCUT2D eigenvalue weighted by atomic mass is 79.9. The van der Waals surface area contributed by atoms with Crippen LogP contribution in [0, 0.1) is 0 Å². The Kier molecular flexibility index (Phi) is 4.53. The van der Waals surface area contributed by atoms with E-state index in [1.165, 1.54) is 36.7 Å². The van der Waals surface area contributed by atoms with Crippen molar-refractivity contribution in [1.82, 2.24) is 9.97 Å². The molecule has 0 aliphatic rings. The van der Waals surface area contributed by atoms with Gasteiger partial charge in [-0.3, -0.25) is 9.52 Å². The third-order valence-corrected chi connectivity index (χ3v) is 4.23. The first-order valence-electron chi connectivity index (χ1n) is 5.68. The van der Waals surface area contributed by atoms with Crippen molar-refractivity contribution in [2.75, 3.05) is 4.72 Å². The SMILES string of the molecule is O=C(O)Cc1ccc(S(=O)(=O)Nc2cnc(Br)cn2)cc1. The highest BCUT2D eigenvalue weighted by Crippen LogP contribution is 2.15. The molecule has 1 aromatic carbocycles. The highest BCUT2D eigenvalue weighted by molar-refractivity contribution is 9.10. The lowest BCUT2D eigenvalue weighted by molar-refractivity contribution is -0.136. The molecule has 0 bridgehead atoms. The first kappa shape index (κ1) is 15.4. The van der Waals surface area contributed by atoms with E-state index >= 15 is 0 Å². The van der Waals surface area contributed by atoms with E-state index in [4.69, 9.17) is 5.11 Å². The third kappa shape index (κ3) is 4.23. The Hall–Kier alpha value is -2.00. The van der Waals surface area contributed by atoms with Gasteiger partial charge in [-0.15, -0.1) is 0 Å². The van der Waals surface area contributed by atoms with Crippen LogP contribution in [0.4, 0.5) is 5.82 Å². The summed E-state index contributed by atoms with van der Waals surface area (Å²) in [5.41, 5.74) is 0.518. The summed E-state index contributed by atoms with van der Waals surface area (Å²) in [4.78, 5) is 18.3. The molecule has 1 heterocycles. The fourth-order valence-electron chi connectivity index (χ4n) is 1.52. The van der Waals surface area contributed by atoms with Crippen LogP contribution in [-0.4, -0.2) is 29.5 Å². The largest absolute Gasteiger partial charge is 0.481 e. The average molecular weight is 372 g/mol. The van der Waals surface area contributed by atoms with Crippen LogP contribution in [0.1, 0.15) is 5.56 Å². The van der Waals surface area contributed by atoms with Crippen LogP contribution in [0.5, 0.6) is 0 Å². The van der Waals surface area contributed by atoms with Gasteiger partial charge in [0.05, 0.1) is 23.7 Å². The molecule has 1 aromatic heterocycles. The van der Waals surface area contributed by atoms with Crippen molar-refractivity contribution in [3.05, 3.63) is 46.8 Å². The lowest BCUT2D eigenvalue weighted by Crippen LogP contribution is -2.14.